The molecule has 2 aromatic rings. The molecule has 1 aliphatic heterocycles. The highest BCUT2D eigenvalue weighted by molar-refractivity contribution is 6.31. The monoisotopic (exact) mass is 386 g/mol. The minimum atomic E-state index is 0.118. The fourth-order valence-corrected chi connectivity index (χ4v) is 3.42. The maximum Gasteiger partial charge on any atom is 0.227 e. The highest BCUT2D eigenvalue weighted by Gasteiger charge is 2.22. The number of amides is 1. The molecular formula is C22H27ClN2O2. The number of nitrogens with zero attached hydrogens (tertiary/aromatic N) is 2. The first-order valence-corrected chi connectivity index (χ1v) is 9.78. The Hall–Kier alpha value is -2.33. The first kappa shape index (κ1) is 21.0. The summed E-state index contributed by atoms with van der Waals surface area (Å²) in [6, 6.07) is 13.3. The first-order chi connectivity index (χ1) is 13.1. The van der Waals surface area contributed by atoms with Crippen molar-refractivity contribution in [3.8, 4) is 0 Å². The van der Waals surface area contributed by atoms with Crippen molar-refractivity contribution < 1.29 is 9.59 Å². The van der Waals surface area contributed by atoms with E-state index >= 15 is 0 Å². The molecule has 3 rings (SSSR count). The molecule has 144 valence electrons. The summed E-state index contributed by atoms with van der Waals surface area (Å²) in [6.07, 6.45) is 1.19. The van der Waals surface area contributed by atoms with Crippen LogP contribution in [0.2, 0.25) is 5.02 Å². The summed E-state index contributed by atoms with van der Waals surface area (Å²) in [7, 11) is 0. The fraction of sp³-hybridized carbons (Fsp3) is 0.364. The fourth-order valence-electron chi connectivity index (χ4n) is 3.13. The van der Waals surface area contributed by atoms with E-state index < -0.39 is 0 Å². The van der Waals surface area contributed by atoms with Crippen molar-refractivity contribution in [3.05, 3.63) is 64.2 Å². The summed E-state index contributed by atoms with van der Waals surface area (Å²) in [5.74, 6) is 0.118. The second kappa shape index (κ2) is 10.1. The van der Waals surface area contributed by atoms with Crippen LogP contribution in [0.3, 0.4) is 0 Å². The van der Waals surface area contributed by atoms with Gasteiger partial charge in [-0.2, -0.15) is 0 Å². The number of carbonyl (C=O) groups excluding carboxylic acids is 2. The highest BCUT2D eigenvalue weighted by atomic mass is 35.5. The number of halogens is 1. The number of piperazine rings is 1. The van der Waals surface area contributed by atoms with Gasteiger partial charge in [-0.1, -0.05) is 37.6 Å². The van der Waals surface area contributed by atoms with E-state index in [-0.39, 0.29) is 5.91 Å². The SMILES string of the molecule is CC.Cc1cccc(Cl)c1CC(=O)N1CCN(c2ccc(C=O)cc2)CC1. The highest BCUT2D eigenvalue weighted by Crippen LogP contribution is 2.22. The second-order valence-corrected chi connectivity index (χ2v) is 6.70. The molecule has 2 aromatic carbocycles. The zero-order valence-corrected chi connectivity index (χ0v) is 17.0. The molecule has 1 aliphatic rings. The maximum absolute atomic E-state index is 12.6. The summed E-state index contributed by atoms with van der Waals surface area (Å²) in [4.78, 5) is 27.5. The van der Waals surface area contributed by atoms with Gasteiger partial charge in [0, 0.05) is 42.5 Å². The van der Waals surface area contributed by atoms with Crippen LogP contribution < -0.4 is 4.90 Å². The van der Waals surface area contributed by atoms with Crippen LogP contribution in [0.15, 0.2) is 42.5 Å². The van der Waals surface area contributed by atoms with Gasteiger partial charge in [-0.15, -0.1) is 0 Å². The number of rotatable bonds is 4. The van der Waals surface area contributed by atoms with Gasteiger partial charge in [0.15, 0.2) is 0 Å². The Balaban J connectivity index is 0.00000126. The van der Waals surface area contributed by atoms with E-state index in [9.17, 15) is 9.59 Å². The van der Waals surface area contributed by atoms with E-state index in [0.717, 1.165) is 36.2 Å². The van der Waals surface area contributed by atoms with Crippen LogP contribution in [-0.2, 0) is 11.2 Å². The Bertz CT molecular complexity index is 746. The van der Waals surface area contributed by atoms with Crippen LogP contribution in [-0.4, -0.2) is 43.3 Å². The average molecular weight is 387 g/mol. The van der Waals surface area contributed by atoms with E-state index in [1.807, 2.05) is 68.1 Å². The summed E-state index contributed by atoms with van der Waals surface area (Å²) in [5, 5.41) is 0.655. The van der Waals surface area contributed by atoms with Crippen LogP contribution in [0.1, 0.15) is 35.3 Å². The lowest BCUT2D eigenvalue weighted by molar-refractivity contribution is -0.130. The molecule has 1 fully saturated rings. The normalized spacial score (nSPS) is 13.6. The van der Waals surface area contributed by atoms with Crippen molar-refractivity contribution in [2.24, 2.45) is 0 Å². The third-order valence-electron chi connectivity index (χ3n) is 4.71. The molecule has 0 aromatic heterocycles. The molecule has 0 radical (unpaired) electrons. The quantitative estimate of drug-likeness (QED) is 0.732. The van der Waals surface area contributed by atoms with Gasteiger partial charge in [-0.05, 0) is 48.4 Å². The number of hydrogen-bond acceptors (Lipinski definition) is 3. The number of aldehydes is 1. The van der Waals surface area contributed by atoms with Gasteiger partial charge in [0.1, 0.15) is 6.29 Å². The summed E-state index contributed by atoms with van der Waals surface area (Å²) in [5.41, 5.74) is 3.73. The van der Waals surface area contributed by atoms with Crippen LogP contribution in [0.4, 0.5) is 5.69 Å². The molecule has 0 spiro atoms. The number of hydrogen-bond donors (Lipinski definition) is 0. The van der Waals surface area contributed by atoms with Gasteiger partial charge in [0.25, 0.3) is 0 Å². The predicted octanol–water partition coefficient (Wildman–Crippen LogP) is 4.38. The molecular weight excluding hydrogens is 360 g/mol. The predicted molar refractivity (Wildman–Crippen MR) is 112 cm³/mol. The van der Waals surface area contributed by atoms with E-state index in [2.05, 4.69) is 4.90 Å². The molecule has 0 N–H and O–H groups in total. The van der Waals surface area contributed by atoms with Crippen molar-refractivity contribution in [2.45, 2.75) is 27.2 Å². The minimum absolute atomic E-state index is 0.118. The van der Waals surface area contributed by atoms with E-state index in [1.54, 1.807) is 0 Å². The van der Waals surface area contributed by atoms with Crippen molar-refractivity contribution in [2.75, 3.05) is 31.1 Å². The standard InChI is InChI=1S/C20H21ClN2O2.C2H6/c1-15-3-2-4-19(21)18(15)13-20(25)23-11-9-22(10-12-23)17-7-5-16(14-24)6-8-17;1-2/h2-8,14H,9-13H2,1H3;1-2H3. The number of anilines is 1. The zero-order valence-electron chi connectivity index (χ0n) is 16.2. The van der Waals surface area contributed by atoms with Crippen LogP contribution >= 0.6 is 11.6 Å². The summed E-state index contributed by atoms with van der Waals surface area (Å²) in [6.45, 7) is 8.94. The van der Waals surface area contributed by atoms with Gasteiger partial charge in [-0.3, -0.25) is 9.59 Å². The van der Waals surface area contributed by atoms with Crippen molar-refractivity contribution in [3.63, 3.8) is 0 Å². The Morgan fingerprint density at radius 3 is 2.22 bits per heavy atom. The third kappa shape index (κ3) is 5.33. The van der Waals surface area contributed by atoms with Crippen LogP contribution in [0, 0.1) is 6.92 Å². The van der Waals surface area contributed by atoms with Crippen molar-refractivity contribution in [1.29, 1.82) is 0 Å². The molecule has 0 aliphatic carbocycles. The summed E-state index contributed by atoms with van der Waals surface area (Å²) < 4.78 is 0. The van der Waals surface area contributed by atoms with Crippen LogP contribution in [0.5, 0.6) is 0 Å². The van der Waals surface area contributed by atoms with Gasteiger partial charge < -0.3 is 9.80 Å². The summed E-state index contributed by atoms with van der Waals surface area (Å²) >= 11 is 6.24. The molecule has 4 nitrogen and oxygen atoms in total. The Morgan fingerprint density at radius 1 is 1.04 bits per heavy atom. The van der Waals surface area contributed by atoms with Gasteiger partial charge in [0.05, 0.1) is 6.42 Å². The van der Waals surface area contributed by atoms with Crippen molar-refractivity contribution >= 4 is 29.5 Å². The Morgan fingerprint density at radius 2 is 1.67 bits per heavy atom. The molecule has 0 atom stereocenters. The average Bonchev–Trinajstić information content (AvgIpc) is 2.72. The van der Waals surface area contributed by atoms with Gasteiger partial charge in [-0.25, -0.2) is 0 Å². The lowest BCUT2D eigenvalue weighted by atomic mass is 10.0. The van der Waals surface area contributed by atoms with E-state index in [4.69, 9.17) is 11.6 Å². The van der Waals surface area contributed by atoms with Gasteiger partial charge in [0.2, 0.25) is 5.91 Å². The second-order valence-electron chi connectivity index (χ2n) is 6.29. The molecule has 0 saturated carbocycles. The van der Waals surface area contributed by atoms with Crippen LogP contribution in [0.25, 0.3) is 0 Å². The Labute approximate surface area is 166 Å². The van der Waals surface area contributed by atoms with E-state index in [1.165, 1.54) is 0 Å². The lowest BCUT2D eigenvalue weighted by Gasteiger charge is -2.36. The van der Waals surface area contributed by atoms with Crippen molar-refractivity contribution in [1.82, 2.24) is 4.90 Å². The minimum Gasteiger partial charge on any atom is -0.368 e. The molecule has 1 saturated heterocycles. The molecule has 0 bridgehead atoms. The molecule has 27 heavy (non-hydrogen) atoms. The lowest BCUT2D eigenvalue weighted by Crippen LogP contribution is -2.49. The van der Waals surface area contributed by atoms with Gasteiger partial charge >= 0.3 is 0 Å². The molecule has 0 unspecified atom stereocenters. The first-order valence-electron chi connectivity index (χ1n) is 9.40. The largest absolute Gasteiger partial charge is 0.368 e. The number of benzene rings is 2. The third-order valence-corrected chi connectivity index (χ3v) is 5.06. The molecule has 1 amide bonds. The molecule has 1 heterocycles. The topological polar surface area (TPSA) is 40.6 Å². The maximum atomic E-state index is 12.6. The van der Waals surface area contributed by atoms with E-state index in [0.29, 0.717) is 30.1 Å². The Kier molecular flexibility index (Phi) is 7.86. The zero-order chi connectivity index (χ0) is 19.8. The number of aryl methyl sites for hydroxylation is 1. The smallest absolute Gasteiger partial charge is 0.227 e. The molecule has 5 heteroatoms. The number of carbonyl (C=O) groups is 2.